The Labute approximate surface area is 137 Å². The minimum atomic E-state index is -0.347. The molecule has 0 aliphatic carbocycles. The van der Waals surface area contributed by atoms with Gasteiger partial charge in [0.15, 0.2) is 0 Å². The second-order valence-electron chi connectivity index (χ2n) is 5.77. The molecule has 1 aromatic heterocycles. The highest BCUT2D eigenvalue weighted by Gasteiger charge is 2.42. The molecule has 2 nitrogen and oxygen atoms in total. The molecular weight excluding hydrogens is 318 g/mol. The van der Waals surface area contributed by atoms with Crippen LogP contribution in [0.5, 0.6) is 0 Å². The van der Waals surface area contributed by atoms with E-state index in [-0.39, 0.29) is 11.4 Å². The lowest BCUT2D eigenvalue weighted by Crippen LogP contribution is -2.47. The van der Waals surface area contributed by atoms with E-state index in [2.05, 4.69) is 32.9 Å². The van der Waals surface area contributed by atoms with Gasteiger partial charge in [-0.3, -0.25) is 4.79 Å². The predicted molar refractivity (Wildman–Crippen MR) is 94.0 cm³/mol. The zero-order chi connectivity index (χ0) is 15.4. The molecule has 0 radical (unpaired) electrons. The minimum Gasteiger partial charge on any atom is -0.301 e. The molecule has 21 heavy (non-hydrogen) atoms. The third-order valence-corrected chi connectivity index (χ3v) is 7.36. The molecule has 1 aliphatic heterocycles. The van der Waals surface area contributed by atoms with E-state index in [1.165, 1.54) is 4.88 Å². The van der Waals surface area contributed by atoms with Crippen LogP contribution in [0.3, 0.4) is 0 Å². The Morgan fingerprint density at radius 3 is 2.71 bits per heavy atom. The van der Waals surface area contributed by atoms with Gasteiger partial charge in [0.2, 0.25) is 5.91 Å². The van der Waals surface area contributed by atoms with E-state index in [1.807, 2.05) is 17.9 Å². The summed E-state index contributed by atoms with van der Waals surface area (Å²) in [6.07, 6.45) is 0.502. The first-order chi connectivity index (χ1) is 9.89. The minimum absolute atomic E-state index is 0.158. The van der Waals surface area contributed by atoms with Gasteiger partial charge in [-0.05, 0) is 26.3 Å². The first-order valence-corrected chi connectivity index (χ1v) is 9.52. The standard InChI is InChI=1S/C16H17NOS3/c1-5-11(18)17-13-9(2)7-6-8-10(13)12-14(16(17,3)4)20-21-15(12)19/h6-8H,5H2,1-4H3. The number of carbonyl (C=O) groups excluding carboxylic acids is 1. The number of fused-ring (bicyclic) bond motifs is 3. The molecule has 0 saturated carbocycles. The summed E-state index contributed by atoms with van der Waals surface area (Å²) in [6.45, 7) is 8.22. The second kappa shape index (κ2) is 5.00. The van der Waals surface area contributed by atoms with Gasteiger partial charge in [-0.25, -0.2) is 0 Å². The molecule has 0 fully saturated rings. The summed E-state index contributed by atoms with van der Waals surface area (Å²) in [5.74, 6) is 0.158. The zero-order valence-electron chi connectivity index (χ0n) is 12.5. The molecular formula is C16H17NOS3. The molecule has 1 aromatic carbocycles. The topological polar surface area (TPSA) is 20.3 Å². The van der Waals surface area contributed by atoms with Crippen LogP contribution < -0.4 is 4.90 Å². The number of nitrogens with zero attached hydrogens (tertiary/aromatic N) is 1. The first kappa shape index (κ1) is 14.9. The molecule has 2 aromatic rings. The number of carbonyl (C=O) groups is 1. The van der Waals surface area contributed by atoms with Crippen LogP contribution in [0.2, 0.25) is 0 Å². The maximum atomic E-state index is 12.6. The van der Waals surface area contributed by atoms with E-state index >= 15 is 0 Å². The molecule has 1 amide bonds. The number of anilines is 1. The average molecular weight is 336 g/mol. The van der Waals surface area contributed by atoms with Crippen molar-refractivity contribution >= 4 is 44.5 Å². The summed E-state index contributed by atoms with van der Waals surface area (Å²) in [7, 11) is 3.34. The van der Waals surface area contributed by atoms with Gasteiger partial charge in [-0.1, -0.05) is 58.0 Å². The summed E-state index contributed by atoms with van der Waals surface area (Å²) >= 11 is 5.55. The van der Waals surface area contributed by atoms with Crippen LogP contribution >= 0.6 is 32.9 Å². The van der Waals surface area contributed by atoms with Gasteiger partial charge < -0.3 is 4.90 Å². The van der Waals surface area contributed by atoms with Crippen LogP contribution in [0.1, 0.15) is 37.6 Å². The van der Waals surface area contributed by atoms with Crippen LogP contribution in [0.4, 0.5) is 5.69 Å². The van der Waals surface area contributed by atoms with Gasteiger partial charge in [-0.15, -0.1) is 0 Å². The van der Waals surface area contributed by atoms with E-state index in [0.717, 1.165) is 26.2 Å². The van der Waals surface area contributed by atoms with Crippen molar-refractivity contribution in [3.05, 3.63) is 32.5 Å². The van der Waals surface area contributed by atoms with E-state index in [1.54, 1.807) is 20.7 Å². The van der Waals surface area contributed by atoms with E-state index in [9.17, 15) is 4.79 Å². The number of aryl methyl sites for hydroxylation is 1. The molecule has 2 heterocycles. The van der Waals surface area contributed by atoms with Gasteiger partial charge in [0, 0.05) is 17.5 Å². The zero-order valence-corrected chi connectivity index (χ0v) is 15.0. The third kappa shape index (κ3) is 2.02. The fourth-order valence-electron chi connectivity index (χ4n) is 3.03. The van der Waals surface area contributed by atoms with Crippen molar-refractivity contribution in [3.8, 4) is 11.1 Å². The van der Waals surface area contributed by atoms with Crippen LogP contribution in [0.15, 0.2) is 18.2 Å². The Kier molecular flexibility index (Phi) is 3.55. The summed E-state index contributed by atoms with van der Waals surface area (Å²) < 4.78 is 0.929. The van der Waals surface area contributed by atoms with Crippen LogP contribution in [0.25, 0.3) is 11.1 Å². The maximum Gasteiger partial charge on any atom is 0.227 e. The highest BCUT2D eigenvalue weighted by molar-refractivity contribution is 7.80. The number of hydrogen-bond donors (Lipinski definition) is 0. The number of amides is 1. The molecule has 5 heteroatoms. The average Bonchev–Trinajstić information content (AvgIpc) is 2.83. The SMILES string of the molecule is CCC(=O)N1c2c(C)cccc2-c2c(ssc2=S)C1(C)C. The first-order valence-electron chi connectivity index (χ1n) is 6.96. The van der Waals surface area contributed by atoms with E-state index < -0.39 is 0 Å². The predicted octanol–water partition coefficient (Wildman–Crippen LogP) is 5.51. The maximum absolute atomic E-state index is 12.6. The monoisotopic (exact) mass is 335 g/mol. The van der Waals surface area contributed by atoms with Crippen molar-refractivity contribution in [1.29, 1.82) is 0 Å². The van der Waals surface area contributed by atoms with E-state index in [4.69, 9.17) is 12.2 Å². The molecule has 0 atom stereocenters. The Morgan fingerprint density at radius 1 is 1.33 bits per heavy atom. The van der Waals surface area contributed by atoms with Gasteiger partial charge in [0.1, 0.15) is 3.82 Å². The lowest BCUT2D eigenvalue weighted by molar-refractivity contribution is -0.119. The number of para-hydroxylation sites is 1. The molecule has 0 bridgehead atoms. The van der Waals surface area contributed by atoms with Crippen molar-refractivity contribution in [3.63, 3.8) is 0 Å². The molecule has 0 N–H and O–H groups in total. The Balaban J connectivity index is 2.43. The summed E-state index contributed by atoms with van der Waals surface area (Å²) in [6, 6.07) is 6.19. The smallest absolute Gasteiger partial charge is 0.227 e. The fraction of sp³-hybridized carbons (Fsp3) is 0.375. The summed E-state index contributed by atoms with van der Waals surface area (Å²) in [5, 5.41) is 0. The van der Waals surface area contributed by atoms with Crippen molar-refractivity contribution in [2.75, 3.05) is 4.90 Å². The largest absolute Gasteiger partial charge is 0.301 e. The Hall–Kier alpha value is -1.04. The number of benzene rings is 1. The van der Waals surface area contributed by atoms with E-state index in [0.29, 0.717) is 6.42 Å². The van der Waals surface area contributed by atoms with Crippen molar-refractivity contribution < 1.29 is 4.79 Å². The van der Waals surface area contributed by atoms with Gasteiger partial charge >= 0.3 is 0 Å². The van der Waals surface area contributed by atoms with Crippen molar-refractivity contribution in [2.24, 2.45) is 0 Å². The molecule has 110 valence electrons. The van der Waals surface area contributed by atoms with Crippen LogP contribution in [-0.4, -0.2) is 5.91 Å². The van der Waals surface area contributed by atoms with Crippen LogP contribution in [-0.2, 0) is 10.3 Å². The van der Waals surface area contributed by atoms with Crippen molar-refractivity contribution in [2.45, 2.75) is 39.7 Å². The quantitative estimate of drug-likeness (QED) is 0.506. The molecule has 0 saturated heterocycles. The Morgan fingerprint density at radius 2 is 2.05 bits per heavy atom. The Bertz CT molecular complexity index is 785. The highest BCUT2D eigenvalue weighted by atomic mass is 32.9. The molecule has 3 rings (SSSR count). The lowest BCUT2D eigenvalue weighted by Gasteiger charge is -2.43. The van der Waals surface area contributed by atoms with Crippen molar-refractivity contribution in [1.82, 2.24) is 0 Å². The third-order valence-electron chi connectivity index (χ3n) is 4.03. The molecule has 0 unspecified atom stereocenters. The normalized spacial score (nSPS) is 15.5. The number of hydrogen-bond acceptors (Lipinski definition) is 4. The number of rotatable bonds is 1. The molecule has 1 aliphatic rings. The van der Waals surface area contributed by atoms with Gasteiger partial charge in [0.05, 0.1) is 16.1 Å². The highest BCUT2D eigenvalue weighted by Crippen LogP contribution is 2.53. The molecule has 0 spiro atoms. The van der Waals surface area contributed by atoms with Gasteiger partial charge in [0.25, 0.3) is 0 Å². The fourth-order valence-corrected chi connectivity index (χ4v) is 6.31. The second-order valence-corrected chi connectivity index (χ2v) is 8.59. The summed E-state index contributed by atoms with van der Waals surface area (Å²) in [4.78, 5) is 15.8. The van der Waals surface area contributed by atoms with Gasteiger partial charge in [-0.2, -0.15) is 0 Å². The summed E-state index contributed by atoms with van der Waals surface area (Å²) in [5.41, 5.74) is 4.06. The van der Waals surface area contributed by atoms with Crippen LogP contribution in [0, 0.1) is 10.7 Å². The lowest BCUT2D eigenvalue weighted by atomic mass is 9.86.